The Labute approximate surface area is 139 Å². The predicted molar refractivity (Wildman–Crippen MR) is 85.3 cm³/mol. The third-order valence-electron chi connectivity index (χ3n) is 3.85. The van der Waals surface area contributed by atoms with Crippen molar-refractivity contribution in [1.29, 1.82) is 0 Å². The van der Waals surface area contributed by atoms with Gasteiger partial charge in [-0.05, 0) is 46.0 Å². The number of hydrogen-bond acceptors (Lipinski definition) is 3. The zero-order chi connectivity index (χ0) is 17.9. The molecule has 0 bridgehead atoms. The fraction of sp³-hybridized carbons (Fsp3) is 0.588. The molecule has 0 aromatic heterocycles. The molecule has 2 rings (SSSR count). The Hall–Kier alpha value is -1.92. The van der Waals surface area contributed by atoms with E-state index in [0.29, 0.717) is 12.6 Å². The minimum Gasteiger partial charge on any atom is -0.444 e. The molecule has 134 valence electrons. The van der Waals surface area contributed by atoms with Crippen LogP contribution < -0.4 is 10.6 Å². The van der Waals surface area contributed by atoms with Gasteiger partial charge in [0.05, 0.1) is 5.69 Å². The van der Waals surface area contributed by atoms with Gasteiger partial charge in [0.2, 0.25) is 0 Å². The summed E-state index contributed by atoms with van der Waals surface area (Å²) in [6.07, 6.45) is 1.91. The van der Waals surface area contributed by atoms with E-state index in [1.807, 2.05) is 0 Å². The Kier molecular flexibility index (Phi) is 5.62. The van der Waals surface area contributed by atoms with Gasteiger partial charge in [-0.2, -0.15) is 0 Å². The summed E-state index contributed by atoms with van der Waals surface area (Å²) in [7, 11) is 0. The Morgan fingerprint density at radius 3 is 2.50 bits per heavy atom. The lowest BCUT2D eigenvalue weighted by Crippen LogP contribution is -2.38. The van der Waals surface area contributed by atoms with Crippen molar-refractivity contribution in [2.45, 2.75) is 51.7 Å². The number of carbonyl (C=O) groups is 1. The molecule has 0 saturated heterocycles. The lowest BCUT2D eigenvalue weighted by atomic mass is 10.1. The van der Waals surface area contributed by atoms with Crippen molar-refractivity contribution >= 4 is 11.8 Å². The van der Waals surface area contributed by atoms with Gasteiger partial charge in [0.15, 0.2) is 11.6 Å². The van der Waals surface area contributed by atoms with Crippen LogP contribution in [0, 0.1) is 23.4 Å². The molecule has 1 fully saturated rings. The average molecular weight is 344 g/mol. The third kappa shape index (κ3) is 5.32. The van der Waals surface area contributed by atoms with Gasteiger partial charge in [-0.25, -0.2) is 18.0 Å². The Morgan fingerprint density at radius 2 is 1.83 bits per heavy atom. The summed E-state index contributed by atoms with van der Waals surface area (Å²) in [6, 6.07) is 1.34. The van der Waals surface area contributed by atoms with E-state index < -0.39 is 29.1 Å². The summed E-state index contributed by atoms with van der Waals surface area (Å²) >= 11 is 0. The summed E-state index contributed by atoms with van der Waals surface area (Å²) in [5.41, 5.74) is -0.606. The molecule has 2 unspecified atom stereocenters. The molecule has 1 aliphatic rings. The summed E-state index contributed by atoms with van der Waals surface area (Å²) in [4.78, 5) is 11.7. The summed E-state index contributed by atoms with van der Waals surface area (Å²) in [6.45, 7) is 5.81. The Balaban J connectivity index is 1.80. The van der Waals surface area contributed by atoms with Gasteiger partial charge in [0, 0.05) is 24.7 Å². The fourth-order valence-electron chi connectivity index (χ4n) is 2.78. The van der Waals surface area contributed by atoms with Crippen molar-refractivity contribution in [3.05, 3.63) is 29.6 Å². The molecule has 0 heterocycles. The van der Waals surface area contributed by atoms with Crippen molar-refractivity contribution in [3.8, 4) is 0 Å². The molecule has 7 heteroatoms. The van der Waals surface area contributed by atoms with Crippen LogP contribution in [0.15, 0.2) is 12.1 Å². The number of halogens is 3. The van der Waals surface area contributed by atoms with Crippen molar-refractivity contribution < 1.29 is 22.7 Å². The number of amides is 1. The Bertz CT molecular complexity index is 602. The molecule has 1 aromatic carbocycles. The number of ether oxygens (including phenoxy) is 1. The molecule has 4 nitrogen and oxygen atoms in total. The predicted octanol–water partition coefficient (Wildman–Crippen LogP) is 4.21. The number of alkyl carbamates (subject to hydrolysis) is 1. The van der Waals surface area contributed by atoms with Gasteiger partial charge in [0.1, 0.15) is 11.4 Å². The molecule has 0 aliphatic heterocycles. The number of anilines is 1. The number of carbonyl (C=O) groups excluding carboxylic acids is 1. The zero-order valence-electron chi connectivity index (χ0n) is 14.1. The summed E-state index contributed by atoms with van der Waals surface area (Å²) < 4.78 is 44.8. The molecular weight excluding hydrogens is 321 g/mol. The molecule has 1 aromatic rings. The molecule has 24 heavy (non-hydrogen) atoms. The monoisotopic (exact) mass is 344 g/mol. The van der Waals surface area contributed by atoms with Crippen molar-refractivity contribution in [3.63, 3.8) is 0 Å². The topological polar surface area (TPSA) is 50.4 Å². The van der Waals surface area contributed by atoms with Crippen LogP contribution in [-0.2, 0) is 4.74 Å². The lowest BCUT2D eigenvalue weighted by molar-refractivity contribution is 0.0505. The van der Waals surface area contributed by atoms with E-state index in [2.05, 4.69) is 10.6 Å². The standard InChI is InChI=1S/C17H23F3N2O2/c1-17(2,3)24-16(23)22-11-5-4-10(6-11)9-21-15-8-13(19)12(18)7-14(15)20/h7-8,10-11,21H,4-6,9H2,1-3H3,(H,22,23). The smallest absolute Gasteiger partial charge is 0.407 e. The number of hydrogen-bond donors (Lipinski definition) is 2. The molecule has 1 amide bonds. The number of rotatable bonds is 4. The second-order valence-corrected chi connectivity index (χ2v) is 7.15. The highest BCUT2D eigenvalue weighted by Crippen LogP contribution is 2.27. The van der Waals surface area contributed by atoms with E-state index >= 15 is 0 Å². The minimum absolute atomic E-state index is 0.00134. The zero-order valence-corrected chi connectivity index (χ0v) is 14.1. The van der Waals surface area contributed by atoms with E-state index in [9.17, 15) is 18.0 Å². The van der Waals surface area contributed by atoms with Crippen LogP contribution in [0.25, 0.3) is 0 Å². The number of benzene rings is 1. The maximum absolute atomic E-state index is 13.6. The van der Waals surface area contributed by atoms with Gasteiger partial charge in [-0.1, -0.05) is 0 Å². The van der Waals surface area contributed by atoms with Crippen LogP contribution >= 0.6 is 0 Å². The molecule has 0 radical (unpaired) electrons. The fourth-order valence-corrected chi connectivity index (χ4v) is 2.78. The maximum atomic E-state index is 13.6. The second-order valence-electron chi connectivity index (χ2n) is 7.15. The van der Waals surface area contributed by atoms with Crippen LogP contribution in [0.1, 0.15) is 40.0 Å². The average Bonchev–Trinajstić information content (AvgIpc) is 2.86. The molecular formula is C17H23F3N2O2. The highest BCUT2D eigenvalue weighted by molar-refractivity contribution is 5.68. The van der Waals surface area contributed by atoms with Crippen LogP contribution in [-0.4, -0.2) is 24.3 Å². The van der Waals surface area contributed by atoms with E-state index in [-0.39, 0.29) is 17.6 Å². The van der Waals surface area contributed by atoms with Gasteiger partial charge in [-0.3, -0.25) is 0 Å². The first kappa shape index (κ1) is 18.4. The summed E-state index contributed by atoms with van der Waals surface area (Å²) in [5, 5.41) is 5.63. The maximum Gasteiger partial charge on any atom is 0.407 e. The highest BCUT2D eigenvalue weighted by Gasteiger charge is 2.27. The van der Waals surface area contributed by atoms with Crippen LogP contribution in [0.4, 0.5) is 23.7 Å². The van der Waals surface area contributed by atoms with Crippen molar-refractivity contribution in [2.75, 3.05) is 11.9 Å². The lowest BCUT2D eigenvalue weighted by Gasteiger charge is -2.21. The Morgan fingerprint density at radius 1 is 1.17 bits per heavy atom. The first-order valence-corrected chi connectivity index (χ1v) is 8.02. The minimum atomic E-state index is -1.21. The van der Waals surface area contributed by atoms with Crippen molar-refractivity contribution in [1.82, 2.24) is 5.32 Å². The van der Waals surface area contributed by atoms with Gasteiger partial charge >= 0.3 is 6.09 Å². The third-order valence-corrected chi connectivity index (χ3v) is 3.85. The first-order valence-electron chi connectivity index (χ1n) is 8.02. The van der Waals surface area contributed by atoms with E-state index in [1.54, 1.807) is 20.8 Å². The highest BCUT2D eigenvalue weighted by atomic mass is 19.2. The second kappa shape index (κ2) is 7.32. The SMILES string of the molecule is CC(C)(C)OC(=O)NC1CCC(CNc2cc(F)c(F)cc2F)C1. The quantitative estimate of drug-likeness (QED) is 0.805. The molecule has 1 saturated carbocycles. The van der Waals surface area contributed by atoms with Crippen LogP contribution in [0.5, 0.6) is 0 Å². The number of nitrogens with one attached hydrogen (secondary N) is 2. The van der Waals surface area contributed by atoms with E-state index in [0.717, 1.165) is 25.3 Å². The van der Waals surface area contributed by atoms with E-state index in [4.69, 9.17) is 4.74 Å². The first-order chi connectivity index (χ1) is 11.1. The van der Waals surface area contributed by atoms with Crippen molar-refractivity contribution in [2.24, 2.45) is 5.92 Å². The van der Waals surface area contributed by atoms with Gasteiger partial charge in [0.25, 0.3) is 0 Å². The summed E-state index contributed by atoms with van der Waals surface area (Å²) in [5.74, 6) is -2.91. The normalized spacial score (nSPS) is 20.8. The molecule has 2 atom stereocenters. The van der Waals surface area contributed by atoms with Crippen LogP contribution in [0.3, 0.4) is 0 Å². The molecule has 1 aliphatic carbocycles. The van der Waals surface area contributed by atoms with Gasteiger partial charge < -0.3 is 15.4 Å². The molecule has 2 N–H and O–H groups in total. The molecule has 0 spiro atoms. The van der Waals surface area contributed by atoms with Crippen LogP contribution in [0.2, 0.25) is 0 Å². The largest absolute Gasteiger partial charge is 0.444 e. The van der Waals surface area contributed by atoms with Gasteiger partial charge in [-0.15, -0.1) is 0 Å². The van der Waals surface area contributed by atoms with E-state index in [1.165, 1.54) is 0 Å².